The Bertz CT molecular complexity index is 773. The van der Waals surface area contributed by atoms with Gasteiger partial charge in [0.2, 0.25) is 5.91 Å². The summed E-state index contributed by atoms with van der Waals surface area (Å²) < 4.78 is 13.5. The van der Waals surface area contributed by atoms with E-state index in [0.29, 0.717) is 19.4 Å². The van der Waals surface area contributed by atoms with Gasteiger partial charge in [-0.2, -0.15) is 0 Å². The Balaban J connectivity index is 1.63. The number of nitrogens with zero attached hydrogens (tertiary/aromatic N) is 1. The van der Waals surface area contributed by atoms with Crippen LogP contribution in [0.4, 0.5) is 4.39 Å². The Kier molecular flexibility index (Phi) is 5.12. The highest BCUT2D eigenvalue weighted by Gasteiger charge is 2.29. The molecule has 1 aliphatic heterocycles. The van der Waals surface area contributed by atoms with Crippen LogP contribution in [-0.2, 0) is 11.2 Å². The van der Waals surface area contributed by atoms with E-state index in [9.17, 15) is 14.0 Å². The van der Waals surface area contributed by atoms with Crippen LogP contribution in [0.5, 0.6) is 0 Å². The molecule has 1 N–H and O–H groups in total. The summed E-state index contributed by atoms with van der Waals surface area (Å²) in [6.07, 6.45) is 2.69. The van der Waals surface area contributed by atoms with Crippen LogP contribution in [0, 0.1) is 5.82 Å². The van der Waals surface area contributed by atoms with E-state index < -0.39 is 5.97 Å². The smallest absolute Gasteiger partial charge is 0.335 e. The molecule has 0 radical (unpaired) electrons. The molecule has 5 heteroatoms. The highest BCUT2D eigenvalue weighted by molar-refractivity contribution is 5.87. The molecular weight excluding hydrogens is 321 g/mol. The third-order valence-corrected chi connectivity index (χ3v) is 4.64. The molecule has 4 nitrogen and oxygen atoms in total. The summed E-state index contributed by atoms with van der Waals surface area (Å²) >= 11 is 0. The summed E-state index contributed by atoms with van der Waals surface area (Å²) in [6.45, 7) is 0.692. The number of carbonyl (C=O) groups excluding carboxylic acids is 1. The third-order valence-electron chi connectivity index (χ3n) is 4.64. The van der Waals surface area contributed by atoms with Crippen LogP contribution >= 0.6 is 0 Å². The number of halogens is 1. The van der Waals surface area contributed by atoms with E-state index in [-0.39, 0.29) is 23.3 Å². The molecule has 1 amide bonds. The fourth-order valence-electron chi connectivity index (χ4n) is 3.33. The van der Waals surface area contributed by atoms with Gasteiger partial charge >= 0.3 is 5.97 Å². The predicted octanol–water partition coefficient (Wildman–Crippen LogP) is 3.82. The van der Waals surface area contributed by atoms with Crippen molar-refractivity contribution in [3.8, 4) is 0 Å². The first-order chi connectivity index (χ1) is 12.0. The Morgan fingerprint density at radius 1 is 1.16 bits per heavy atom. The van der Waals surface area contributed by atoms with Gasteiger partial charge in [0.25, 0.3) is 0 Å². The van der Waals surface area contributed by atoms with Crippen molar-refractivity contribution in [2.24, 2.45) is 0 Å². The second-order valence-electron chi connectivity index (χ2n) is 6.30. The number of carboxylic acids is 1. The zero-order valence-electron chi connectivity index (χ0n) is 13.8. The van der Waals surface area contributed by atoms with Crippen molar-refractivity contribution in [3.05, 3.63) is 71.0 Å². The SMILES string of the molecule is O=C(O)c1ccc(CCC(=O)N2CCC[C@@H]2c2cccc(F)c2)cc1. The molecule has 0 spiro atoms. The van der Waals surface area contributed by atoms with Gasteiger partial charge < -0.3 is 10.0 Å². The van der Waals surface area contributed by atoms with Crippen molar-refractivity contribution < 1.29 is 19.1 Å². The Morgan fingerprint density at radius 2 is 1.92 bits per heavy atom. The summed E-state index contributed by atoms with van der Waals surface area (Å²) in [7, 11) is 0. The Morgan fingerprint density at radius 3 is 2.60 bits per heavy atom. The van der Waals surface area contributed by atoms with Crippen LogP contribution in [-0.4, -0.2) is 28.4 Å². The number of carboxylic acid groups (broad SMARTS) is 1. The molecule has 1 fully saturated rings. The summed E-state index contributed by atoms with van der Waals surface area (Å²) in [5, 5.41) is 8.91. The van der Waals surface area contributed by atoms with E-state index in [0.717, 1.165) is 24.0 Å². The predicted molar refractivity (Wildman–Crippen MR) is 91.8 cm³/mol. The first-order valence-corrected chi connectivity index (χ1v) is 8.42. The fourth-order valence-corrected chi connectivity index (χ4v) is 3.33. The molecule has 0 unspecified atom stereocenters. The van der Waals surface area contributed by atoms with Gasteiger partial charge in [-0.1, -0.05) is 24.3 Å². The van der Waals surface area contributed by atoms with Gasteiger partial charge in [-0.25, -0.2) is 9.18 Å². The maximum atomic E-state index is 13.5. The minimum atomic E-state index is -0.961. The van der Waals surface area contributed by atoms with E-state index in [4.69, 9.17) is 5.11 Å². The molecule has 1 heterocycles. The normalized spacial score (nSPS) is 16.8. The number of aryl methyl sites for hydroxylation is 1. The number of amides is 1. The van der Waals surface area contributed by atoms with Crippen LogP contribution in [0.15, 0.2) is 48.5 Å². The van der Waals surface area contributed by atoms with Crippen LogP contribution in [0.3, 0.4) is 0 Å². The molecule has 2 aromatic carbocycles. The van der Waals surface area contributed by atoms with E-state index >= 15 is 0 Å². The van der Waals surface area contributed by atoms with Gasteiger partial charge in [-0.05, 0) is 54.7 Å². The van der Waals surface area contributed by atoms with Crippen molar-refractivity contribution in [2.75, 3.05) is 6.54 Å². The number of benzene rings is 2. The number of hydrogen-bond donors (Lipinski definition) is 1. The lowest BCUT2D eigenvalue weighted by atomic mass is 10.0. The third kappa shape index (κ3) is 4.05. The second kappa shape index (κ2) is 7.47. The Labute approximate surface area is 145 Å². The van der Waals surface area contributed by atoms with Crippen LogP contribution < -0.4 is 0 Å². The van der Waals surface area contributed by atoms with Gasteiger partial charge in [0.15, 0.2) is 0 Å². The van der Waals surface area contributed by atoms with Crippen molar-refractivity contribution in [2.45, 2.75) is 31.7 Å². The lowest BCUT2D eigenvalue weighted by molar-refractivity contribution is -0.132. The number of aromatic carboxylic acids is 1. The molecule has 1 atom stereocenters. The standard InChI is InChI=1S/C20H20FNO3/c21-17-4-1-3-16(13-17)18-5-2-12-22(18)19(23)11-8-14-6-9-15(10-7-14)20(24)25/h1,3-4,6-7,9-10,13,18H,2,5,8,11-12H2,(H,24,25)/t18-/m1/s1. The molecule has 2 aromatic rings. The molecule has 25 heavy (non-hydrogen) atoms. The zero-order chi connectivity index (χ0) is 17.8. The van der Waals surface area contributed by atoms with Crippen molar-refractivity contribution in [1.82, 2.24) is 4.90 Å². The summed E-state index contributed by atoms with van der Waals surface area (Å²) in [5.74, 6) is -1.19. The van der Waals surface area contributed by atoms with Crippen molar-refractivity contribution in [1.29, 1.82) is 0 Å². The lowest BCUT2D eigenvalue weighted by Crippen LogP contribution is -2.30. The minimum Gasteiger partial charge on any atom is -0.478 e. The molecule has 1 aliphatic rings. The average Bonchev–Trinajstić information content (AvgIpc) is 3.10. The van der Waals surface area contributed by atoms with E-state index in [1.165, 1.54) is 12.1 Å². The number of rotatable bonds is 5. The minimum absolute atomic E-state index is 0.0501. The van der Waals surface area contributed by atoms with E-state index in [2.05, 4.69) is 0 Å². The molecule has 3 rings (SSSR count). The zero-order valence-corrected chi connectivity index (χ0v) is 13.8. The first kappa shape index (κ1) is 17.1. The van der Waals surface area contributed by atoms with Gasteiger partial charge in [-0.3, -0.25) is 4.79 Å². The number of carbonyl (C=O) groups is 2. The molecule has 0 aliphatic carbocycles. The quantitative estimate of drug-likeness (QED) is 0.899. The maximum absolute atomic E-state index is 13.5. The molecule has 1 saturated heterocycles. The fraction of sp³-hybridized carbons (Fsp3) is 0.300. The molecule has 0 aromatic heterocycles. The first-order valence-electron chi connectivity index (χ1n) is 8.42. The van der Waals surface area contributed by atoms with Crippen LogP contribution in [0.2, 0.25) is 0 Å². The summed E-state index contributed by atoms with van der Waals surface area (Å²) in [5.41, 5.74) is 2.01. The number of hydrogen-bond acceptors (Lipinski definition) is 2. The van der Waals surface area contributed by atoms with Gasteiger partial charge in [0, 0.05) is 13.0 Å². The molecule has 0 saturated carbocycles. The maximum Gasteiger partial charge on any atom is 0.335 e. The number of likely N-dealkylation sites (tertiary alicyclic amines) is 1. The highest BCUT2D eigenvalue weighted by Crippen LogP contribution is 2.32. The average molecular weight is 341 g/mol. The van der Waals surface area contributed by atoms with E-state index in [1.807, 2.05) is 11.0 Å². The van der Waals surface area contributed by atoms with E-state index in [1.54, 1.807) is 30.3 Å². The summed E-state index contributed by atoms with van der Waals surface area (Å²) in [4.78, 5) is 25.3. The molecular formula is C20H20FNO3. The van der Waals surface area contributed by atoms with Crippen LogP contribution in [0.1, 0.15) is 46.8 Å². The highest BCUT2D eigenvalue weighted by atomic mass is 19.1. The van der Waals surface area contributed by atoms with Gasteiger partial charge in [0.1, 0.15) is 5.82 Å². The second-order valence-corrected chi connectivity index (χ2v) is 6.30. The van der Waals surface area contributed by atoms with Crippen molar-refractivity contribution >= 4 is 11.9 Å². The lowest BCUT2D eigenvalue weighted by Gasteiger charge is -2.25. The topological polar surface area (TPSA) is 57.6 Å². The van der Waals surface area contributed by atoms with Gasteiger partial charge in [0.05, 0.1) is 11.6 Å². The molecule has 0 bridgehead atoms. The van der Waals surface area contributed by atoms with Crippen LogP contribution in [0.25, 0.3) is 0 Å². The van der Waals surface area contributed by atoms with Crippen molar-refractivity contribution in [3.63, 3.8) is 0 Å². The van der Waals surface area contributed by atoms with Gasteiger partial charge in [-0.15, -0.1) is 0 Å². The largest absolute Gasteiger partial charge is 0.478 e. The monoisotopic (exact) mass is 341 g/mol. The summed E-state index contributed by atoms with van der Waals surface area (Å²) in [6, 6.07) is 13.0. The Hall–Kier alpha value is -2.69. The molecule has 130 valence electrons.